The molecule has 0 aromatic heterocycles. The molecule has 0 amide bonds. The Morgan fingerprint density at radius 2 is 1.92 bits per heavy atom. The summed E-state index contributed by atoms with van der Waals surface area (Å²) in [5.41, 5.74) is 0. The molecule has 0 spiro atoms. The van der Waals surface area contributed by atoms with Crippen molar-refractivity contribution in [1.29, 1.82) is 0 Å². The molecule has 1 saturated heterocycles. The van der Waals surface area contributed by atoms with Crippen molar-refractivity contribution < 1.29 is 0 Å². The fourth-order valence-electron chi connectivity index (χ4n) is 2.49. The van der Waals surface area contributed by atoms with Gasteiger partial charge in [-0.05, 0) is 19.3 Å². The van der Waals surface area contributed by atoms with Gasteiger partial charge in [-0.1, -0.05) is 25.7 Å². The lowest BCUT2D eigenvalue weighted by molar-refractivity contribution is 0.206. The minimum absolute atomic E-state index is 0.878. The van der Waals surface area contributed by atoms with E-state index in [4.69, 9.17) is 0 Å². The molecule has 0 aromatic rings. The summed E-state index contributed by atoms with van der Waals surface area (Å²) in [5.74, 6) is 0. The first-order chi connectivity index (χ1) is 6.47. The van der Waals surface area contributed by atoms with Crippen LogP contribution in [-0.4, -0.2) is 30.7 Å². The summed E-state index contributed by atoms with van der Waals surface area (Å²) < 4.78 is 0. The van der Waals surface area contributed by atoms with E-state index in [0.717, 1.165) is 12.7 Å². The van der Waals surface area contributed by atoms with E-state index in [9.17, 15) is 0 Å². The summed E-state index contributed by atoms with van der Waals surface area (Å²) in [6.45, 7) is 3.60. The molecule has 0 aromatic carbocycles. The molecule has 1 saturated carbocycles. The predicted octanol–water partition coefficient (Wildman–Crippen LogP) is 1.78. The highest BCUT2D eigenvalue weighted by Gasteiger charge is 2.21. The van der Waals surface area contributed by atoms with Gasteiger partial charge in [0.05, 0.1) is 0 Å². The molecule has 13 heavy (non-hydrogen) atoms. The zero-order valence-electron chi connectivity index (χ0n) is 8.47. The van der Waals surface area contributed by atoms with Gasteiger partial charge in [0, 0.05) is 25.8 Å². The van der Waals surface area contributed by atoms with Gasteiger partial charge in [0.2, 0.25) is 0 Å². The van der Waals surface area contributed by atoms with E-state index in [1.54, 1.807) is 0 Å². The topological polar surface area (TPSA) is 15.3 Å². The van der Waals surface area contributed by atoms with E-state index >= 15 is 0 Å². The van der Waals surface area contributed by atoms with E-state index in [1.165, 1.54) is 51.6 Å². The Morgan fingerprint density at radius 3 is 2.54 bits per heavy atom. The Morgan fingerprint density at radius 1 is 1.15 bits per heavy atom. The van der Waals surface area contributed by atoms with Crippen molar-refractivity contribution in [2.75, 3.05) is 19.8 Å². The number of nitrogens with zero attached hydrogens (tertiary/aromatic N) is 1. The quantitative estimate of drug-likeness (QED) is 0.663. The molecule has 2 aliphatic rings. The van der Waals surface area contributed by atoms with Gasteiger partial charge in [-0.15, -0.1) is 0 Å². The van der Waals surface area contributed by atoms with E-state index in [-0.39, 0.29) is 0 Å². The van der Waals surface area contributed by atoms with E-state index in [0.29, 0.717) is 0 Å². The highest BCUT2D eigenvalue weighted by molar-refractivity contribution is 4.80. The lowest BCUT2D eigenvalue weighted by Crippen LogP contribution is -2.34. The minimum Gasteiger partial charge on any atom is -0.303 e. The number of nitrogens with one attached hydrogen (secondary N) is 1. The molecule has 0 unspecified atom stereocenters. The number of hydrogen-bond acceptors (Lipinski definition) is 2. The Kier molecular flexibility index (Phi) is 3.62. The van der Waals surface area contributed by atoms with Gasteiger partial charge >= 0.3 is 0 Å². The highest BCUT2D eigenvalue weighted by Crippen LogP contribution is 2.21. The van der Waals surface area contributed by atoms with Crippen LogP contribution in [0.25, 0.3) is 0 Å². The third-order valence-corrected chi connectivity index (χ3v) is 3.30. The van der Waals surface area contributed by atoms with Crippen molar-refractivity contribution in [3.63, 3.8) is 0 Å². The standard InChI is InChI=1S/C11H21N2/c1-2-4-6-11(7-5-3-1)13-9-8-12-10-13/h1,11-12H,2-10H2. The van der Waals surface area contributed by atoms with Crippen LogP contribution in [0.1, 0.15) is 38.5 Å². The molecular formula is C11H21N2. The fraction of sp³-hybridized carbons (Fsp3) is 0.909. The van der Waals surface area contributed by atoms with Gasteiger partial charge in [0.1, 0.15) is 0 Å². The lowest BCUT2D eigenvalue weighted by Gasteiger charge is -2.28. The minimum atomic E-state index is 0.878. The van der Waals surface area contributed by atoms with Crippen molar-refractivity contribution >= 4 is 0 Å². The molecule has 0 atom stereocenters. The van der Waals surface area contributed by atoms with Gasteiger partial charge in [0.25, 0.3) is 0 Å². The van der Waals surface area contributed by atoms with Gasteiger partial charge in [-0.3, -0.25) is 4.90 Å². The third-order valence-electron chi connectivity index (χ3n) is 3.30. The van der Waals surface area contributed by atoms with Crippen LogP contribution in [0.15, 0.2) is 0 Å². The van der Waals surface area contributed by atoms with Crippen LogP contribution >= 0.6 is 0 Å². The first kappa shape index (κ1) is 9.47. The van der Waals surface area contributed by atoms with Gasteiger partial charge < -0.3 is 5.32 Å². The molecule has 0 bridgehead atoms. The first-order valence-corrected chi connectivity index (χ1v) is 5.73. The van der Waals surface area contributed by atoms with Crippen molar-refractivity contribution in [3.8, 4) is 0 Å². The maximum atomic E-state index is 3.42. The summed E-state index contributed by atoms with van der Waals surface area (Å²) in [4.78, 5) is 2.63. The van der Waals surface area contributed by atoms with Gasteiger partial charge in [-0.2, -0.15) is 0 Å². The largest absolute Gasteiger partial charge is 0.303 e. The average Bonchev–Trinajstić information content (AvgIpc) is 2.55. The second-order valence-corrected chi connectivity index (χ2v) is 4.27. The third kappa shape index (κ3) is 2.68. The Balaban J connectivity index is 1.80. The molecule has 2 rings (SSSR count). The molecule has 2 nitrogen and oxygen atoms in total. The second kappa shape index (κ2) is 4.97. The summed E-state index contributed by atoms with van der Waals surface area (Å²) in [5, 5.41) is 3.42. The van der Waals surface area contributed by atoms with Crippen LogP contribution in [0.2, 0.25) is 0 Å². The molecule has 75 valence electrons. The normalized spacial score (nSPS) is 28.6. The van der Waals surface area contributed by atoms with Crippen molar-refractivity contribution in [2.45, 2.75) is 44.6 Å². The van der Waals surface area contributed by atoms with E-state index in [2.05, 4.69) is 16.6 Å². The monoisotopic (exact) mass is 181 g/mol. The van der Waals surface area contributed by atoms with E-state index in [1.807, 2.05) is 0 Å². The van der Waals surface area contributed by atoms with Crippen molar-refractivity contribution in [2.24, 2.45) is 0 Å². The first-order valence-electron chi connectivity index (χ1n) is 5.73. The van der Waals surface area contributed by atoms with Crippen LogP contribution < -0.4 is 5.32 Å². The highest BCUT2D eigenvalue weighted by atomic mass is 15.3. The Bertz CT molecular complexity index is 133. The van der Waals surface area contributed by atoms with Crippen molar-refractivity contribution in [3.05, 3.63) is 6.42 Å². The number of rotatable bonds is 1. The molecular weight excluding hydrogens is 160 g/mol. The molecule has 2 heteroatoms. The second-order valence-electron chi connectivity index (χ2n) is 4.27. The summed E-state index contributed by atoms with van der Waals surface area (Å²) in [6, 6.07) is 0.878. The molecule has 1 aliphatic heterocycles. The SMILES string of the molecule is [CH]1CCCC(N2CCNC2)CCC1. The molecule has 1 radical (unpaired) electrons. The van der Waals surface area contributed by atoms with Crippen LogP contribution in [0.4, 0.5) is 0 Å². The maximum Gasteiger partial charge on any atom is 0.0484 e. The van der Waals surface area contributed by atoms with Crippen LogP contribution in [0, 0.1) is 6.42 Å². The maximum absolute atomic E-state index is 3.42. The zero-order valence-corrected chi connectivity index (χ0v) is 8.47. The fourth-order valence-corrected chi connectivity index (χ4v) is 2.49. The van der Waals surface area contributed by atoms with E-state index < -0.39 is 0 Å². The summed E-state index contributed by atoms with van der Waals surface area (Å²) in [7, 11) is 0. The lowest BCUT2D eigenvalue weighted by atomic mass is 9.96. The molecule has 1 heterocycles. The zero-order chi connectivity index (χ0) is 8.93. The molecule has 1 aliphatic carbocycles. The Labute approximate surface area is 81.7 Å². The predicted molar refractivity (Wildman–Crippen MR) is 55.4 cm³/mol. The molecule has 1 N–H and O–H groups in total. The van der Waals surface area contributed by atoms with Crippen LogP contribution in [0.5, 0.6) is 0 Å². The van der Waals surface area contributed by atoms with Crippen molar-refractivity contribution in [1.82, 2.24) is 10.2 Å². The van der Waals surface area contributed by atoms with Gasteiger partial charge in [-0.25, -0.2) is 0 Å². The Hall–Kier alpha value is -0.0800. The number of hydrogen-bond donors (Lipinski definition) is 1. The van der Waals surface area contributed by atoms with Gasteiger partial charge in [0.15, 0.2) is 0 Å². The molecule has 2 fully saturated rings. The van der Waals surface area contributed by atoms with Crippen LogP contribution in [-0.2, 0) is 0 Å². The average molecular weight is 181 g/mol. The van der Waals surface area contributed by atoms with Crippen LogP contribution in [0.3, 0.4) is 0 Å². The summed E-state index contributed by atoms with van der Waals surface area (Å²) >= 11 is 0. The summed E-state index contributed by atoms with van der Waals surface area (Å²) in [6.07, 6.45) is 10.8. The smallest absolute Gasteiger partial charge is 0.0484 e.